The number of fused-ring (bicyclic) bond motifs is 1. The number of nitrogen functional groups attached to an aromatic ring is 1. The van der Waals surface area contributed by atoms with Gasteiger partial charge >= 0.3 is 5.97 Å². The molecule has 0 fully saturated rings. The van der Waals surface area contributed by atoms with Crippen LogP contribution in [0.4, 0.5) is 5.69 Å². The molecule has 2 N–H and O–H groups in total. The lowest BCUT2D eigenvalue weighted by Gasteiger charge is -2.14. The van der Waals surface area contributed by atoms with Crippen LogP contribution in [-0.4, -0.2) is 28.7 Å². The van der Waals surface area contributed by atoms with E-state index in [1.54, 1.807) is 6.92 Å². The monoisotopic (exact) mass is 613 g/mol. The number of aryl methyl sites for hydroxylation is 2. The number of rotatable bonds is 14. The van der Waals surface area contributed by atoms with Crippen LogP contribution in [0.25, 0.3) is 11.0 Å². The molecule has 1 aromatic heterocycles. The van der Waals surface area contributed by atoms with Crippen LogP contribution in [0.5, 0.6) is 17.2 Å². The summed E-state index contributed by atoms with van der Waals surface area (Å²) in [6, 6.07) is 26.8. The first kappa shape index (κ1) is 30.8. The van der Waals surface area contributed by atoms with Crippen molar-refractivity contribution in [1.29, 1.82) is 0 Å². The molecular formula is C35H36ClN3O5. The van der Waals surface area contributed by atoms with E-state index in [1.165, 1.54) is 0 Å². The predicted octanol–water partition coefficient (Wildman–Crippen LogP) is 7.08. The van der Waals surface area contributed by atoms with Gasteiger partial charge in [-0.2, -0.15) is 0 Å². The van der Waals surface area contributed by atoms with Crippen molar-refractivity contribution in [3.63, 3.8) is 0 Å². The Bertz CT molecular complexity index is 1720. The molecule has 0 bridgehead atoms. The molecule has 9 heteroatoms. The predicted molar refractivity (Wildman–Crippen MR) is 172 cm³/mol. The SMILES string of the molecule is CCOC(=O)CCc1ccc(OCCc2nc3ccc(OCc4cccc(N)c4)cc3n2C)cc1OCc1ccc(Cl)cc1. The van der Waals surface area contributed by atoms with Gasteiger partial charge in [0.15, 0.2) is 0 Å². The Morgan fingerprint density at radius 2 is 1.64 bits per heavy atom. The van der Waals surface area contributed by atoms with Crippen LogP contribution in [0, 0.1) is 0 Å². The second kappa shape index (κ2) is 14.7. The van der Waals surface area contributed by atoms with Gasteiger partial charge in [0.1, 0.15) is 36.3 Å². The third kappa shape index (κ3) is 8.23. The number of halogens is 1. The minimum Gasteiger partial charge on any atom is -0.493 e. The summed E-state index contributed by atoms with van der Waals surface area (Å²) in [7, 11) is 1.99. The molecule has 228 valence electrons. The molecule has 1 heterocycles. The Morgan fingerprint density at radius 3 is 2.43 bits per heavy atom. The fourth-order valence-corrected chi connectivity index (χ4v) is 4.95. The van der Waals surface area contributed by atoms with Crippen molar-refractivity contribution in [2.45, 2.75) is 39.4 Å². The summed E-state index contributed by atoms with van der Waals surface area (Å²) in [6.07, 6.45) is 1.38. The third-order valence-corrected chi connectivity index (χ3v) is 7.40. The van der Waals surface area contributed by atoms with Gasteiger partial charge in [-0.25, -0.2) is 4.98 Å². The average Bonchev–Trinajstić information content (AvgIpc) is 3.33. The maximum atomic E-state index is 12.0. The molecule has 5 aromatic rings. The molecule has 0 unspecified atom stereocenters. The van der Waals surface area contributed by atoms with E-state index >= 15 is 0 Å². The smallest absolute Gasteiger partial charge is 0.306 e. The van der Waals surface area contributed by atoms with Crippen molar-refractivity contribution in [3.05, 3.63) is 112 Å². The fraction of sp³-hybridized carbons (Fsp3) is 0.257. The van der Waals surface area contributed by atoms with Crippen molar-refractivity contribution in [3.8, 4) is 17.2 Å². The van der Waals surface area contributed by atoms with Crippen LogP contribution in [0.3, 0.4) is 0 Å². The number of ether oxygens (including phenoxy) is 4. The number of imidazole rings is 1. The number of anilines is 1. The van der Waals surface area contributed by atoms with Crippen molar-refractivity contribution in [1.82, 2.24) is 9.55 Å². The summed E-state index contributed by atoms with van der Waals surface area (Å²) in [5.74, 6) is 2.76. The van der Waals surface area contributed by atoms with Crippen molar-refractivity contribution < 1.29 is 23.7 Å². The number of nitrogens with two attached hydrogens (primary N) is 1. The summed E-state index contributed by atoms with van der Waals surface area (Å²) in [5, 5.41) is 0.669. The standard InChI is InChI=1S/C35H36ClN3O5/c1-3-41-35(40)16-10-26-9-13-30(21-33(26)44-22-24-7-11-27(36)12-8-24)42-18-17-34-38-31-15-14-29(20-32(31)39(34)2)43-23-25-5-4-6-28(37)19-25/h4-9,11-15,19-21H,3,10,16-18,22-23,37H2,1-2H3. The summed E-state index contributed by atoms with van der Waals surface area (Å²) in [4.78, 5) is 16.8. The van der Waals surface area contributed by atoms with Gasteiger partial charge in [0.25, 0.3) is 0 Å². The van der Waals surface area contributed by atoms with Crippen LogP contribution in [-0.2, 0) is 42.6 Å². The molecule has 0 amide bonds. The molecule has 44 heavy (non-hydrogen) atoms. The zero-order chi connectivity index (χ0) is 30.9. The first-order valence-corrected chi connectivity index (χ1v) is 15.0. The quantitative estimate of drug-likeness (QED) is 0.105. The van der Waals surface area contributed by atoms with Crippen LogP contribution in [0.1, 0.15) is 35.9 Å². The highest BCUT2D eigenvalue weighted by Crippen LogP contribution is 2.28. The zero-order valence-corrected chi connectivity index (χ0v) is 25.7. The summed E-state index contributed by atoms with van der Waals surface area (Å²) in [5.41, 5.74) is 11.4. The Labute approximate surface area is 262 Å². The van der Waals surface area contributed by atoms with Gasteiger partial charge in [-0.3, -0.25) is 4.79 Å². The van der Waals surface area contributed by atoms with E-state index in [0.29, 0.717) is 61.5 Å². The van der Waals surface area contributed by atoms with Gasteiger partial charge in [-0.05, 0) is 72.5 Å². The van der Waals surface area contributed by atoms with Gasteiger partial charge in [-0.1, -0.05) is 41.9 Å². The van der Waals surface area contributed by atoms with Gasteiger partial charge < -0.3 is 29.2 Å². The molecule has 0 saturated carbocycles. The number of nitrogens with zero attached hydrogens (tertiary/aromatic N) is 2. The van der Waals surface area contributed by atoms with E-state index in [9.17, 15) is 4.79 Å². The fourth-order valence-electron chi connectivity index (χ4n) is 4.82. The maximum absolute atomic E-state index is 12.0. The molecule has 0 atom stereocenters. The first-order valence-electron chi connectivity index (χ1n) is 14.6. The number of aromatic nitrogens is 2. The largest absolute Gasteiger partial charge is 0.493 e. The van der Waals surface area contributed by atoms with Gasteiger partial charge in [-0.15, -0.1) is 0 Å². The zero-order valence-electron chi connectivity index (χ0n) is 24.9. The number of hydrogen-bond acceptors (Lipinski definition) is 7. The number of carbonyl (C=O) groups excluding carboxylic acids is 1. The molecule has 0 spiro atoms. The second-order valence-electron chi connectivity index (χ2n) is 10.4. The molecule has 0 aliphatic carbocycles. The minimum atomic E-state index is -0.237. The lowest BCUT2D eigenvalue weighted by atomic mass is 10.1. The molecule has 0 aliphatic heterocycles. The molecule has 0 radical (unpaired) electrons. The number of carbonyl (C=O) groups is 1. The first-order chi connectivity index (χ1) is 21.4. The maximum Gasteiger partial charge on any atom is 0.306 e. The van der Waals surface area contributed by atoms with Crippen LogP contribution in [0.15, 0.2) is 84.9 Å². The van der Waals surface area contributed by atoms with Crippen LogP contribution < -0.4 is 19.9 Å². The normalized spacial score (nSPS) is 11.0. The molecule has 5 rings (SSSR count). The number of benzene rings is 4. The Kier molecular flexibility index (Phi) is 10.2. The highest BCUT2D eigenvalue weighted by molar-refractivity contribution is 6.30. The van der Waals surface area contributed by atoms with E-state index in [-0.39, 0.29) is 12.4 Å². The second-order valence-corrected chi connectivity index (χ2v) is 10.8. The summed E-state index contributed by atoms with van der Waals surface area (Å²) in [6.45, 7) is 3.37. The van der Waals surface area contributed by atoms with Gasteiger partial charge in [0.2, 0.25) is 0 Å². The van der Waals surface area contributed by atoms with Crippen molar-refractivity contribution in [2.24, 2.45) is 7.05 Å². The summed E-state index contributed by atoms with van der Waals surface area (Å²) >= 11 is 6.03. The van der Waals surface area contributed by atoms with E-state index in [1.807, 2.05) is 92.0 Å². The van der Waals surface area contributed by atoms with E-state index in [2.05, 4.69) is 4.57 Å². The van der Waals surface area contributed by atoms with Crippen molar-refractivity contribution >= 4 is 34.3 Å². The van der Waals surface area contributed by atoms with Crippen molar-refractivity contribution in [2.75, 3.05) is 18.9 Å². The van der Waals surface area contributed by atoms with Crippen LogP contribution >= 0.6 is 11.6 Å². The number of esters is 1. The lowest BCUT2D eigenvalue weighted by molar-refractivity contribution is -0.143. The molecular weight excluding hydrogens is 578 g/mol. The highest BCUT2D eigenvalue weighted by Gasteiger charge is 2.13. The number of hydrogen-bond donors (Lipinski definition) is 1. The molecule has 8 nitrogen and oxygen atoms in total. The topological polar surface area (TPSA) is 97.8 Å². The average molecular weight is 614 g/mol. The molecule has 0 aliphatic rings. The van der Waals surface area contributed by atoms with E-state index in [4.69, 9.17) is 41.3 Å². The lowest BCUT2D eigenvalue weighted by Crippen LogP contribution is -2.08. The van der Waals surface area contributed by atoms with E-state index < -0.39 is 0 Å². The highest BCUT2D eigenvalue weighted by atomic mass is 35.5. The van der Waals surface area contributed by atoms with Gasteiger partial charge in [0, 0.05) is 42.7 Å². The van der Waals surface area contributed by atoms with Gasteiger partial charge in [0.05, 0.1) is 24.2 Å². The summed E-state index contributed by atoms with van der Waals surface area (Å²) < 4.78 is 25.5. The Balaban J connectivity index is 1.22. The van der Waals surface area contributed by atoms with E-state index in [0.717, 1.165) is 39.3 Å². The Hall–Kier alpha value is -4.69. The molecule has 4 aromatic carbocycles. The third-order valence-electron chi connectivity index (χ3n) is 7.15. The van der Waals surface area contributed by atoms with Crippen LogP contribution in [0.2, 0.25) is 5.02 Å². The Morgan fingerprint density at radius 1 is 0.864 bits per heavy atom. The molecule has 0 saturated heterocycles. The minimum absolute atomic E-state index is 0.237.